The van der Waals surface area contributed by atoms with E-state index in [0.29, 0.717) is 17.1 Å². The summed E-state index contributed by atoms with van der Waals surface area (Å²) in [4.78, 5) is 16.9. The lowest BCUT2D eigenvalue weighted by molar-refractivity contribution is -0.115. The lowest BCUT2D eigenvalue weighted by Crippen LogP contribution is -2.20. The first-order valence-corrected chi connectivity index (χ1v) is 10.5. The summed E-state index contributed by atoms with van der Waals surface area (Å²) in [7, 11) is -2.29. The van der Waals surface area contributed by atoms with Crippen molar-refractivity contribution in [1.29, 1.82) is 0 Å². The van der Waals surface area contributed by atoms with Crippen LogP contribution in [0.3, 0.4) is 0 Å². The van der Waals surface area contributed by atoms with E-state index in [1.165, 1.54) is 30.6 Å². The molecule has 0 aliphatic carbocycles. The van der Waals surface area contributed by atoms with Crippen molar-refractivity contribution in [2.45, 2.75) is 11.4 Å². The molecule has 27 heavy (non-hydrogen) atoms. The summed E-state index contributed by atoms with van der Waals surface area (Å²) >= 11 is 1.34. The number of amides is 1. The highest BCUT2D eigenvalue weighted by molar-refractivity contribution is 7.92. The largest absolute Gasteiger partial charge is 0.497 e. The highest BCUT2D eigenvalue weighted by atomic mass is 32.2. The highest BCUT2D eigenvalue weighted by Gasteiger charge is 2.19. The van der Waals surface area contributed by atoms with E-state index < -0.39 is 21.5 Å². The topological polar surface area (TPSA) is 77.7 Å². The van der Waals surface area contributed by atoms with Gasteiger partial charge in [-0.15, -0.1) is 6.58 Å². The van der Waals surface area contributed by atoms with Crippen LogP contribution >= 0.6 is 11.3 Å². The molecule has 0 aliphatic rings. The van der Waals surface area contributed by atoms with E-state index in [2.05, 4.69) is 11.6 Å². The smallest absolute Gasteiger partial charge is 0.263 e. The summed E-state index contributed by atoms with van der Waals surface area (Å²) in [6.07, 6.45) is 1.71. The number of carbonyl (C=O) groups excluding carboxylic acids is 1. The number of allylic oxidation sites excluding steroid dienone is 1. The van der Waals surface area contributed by atoms with Gasteiger partial charge < -0.3 is 9.30 Å². The first kappa shape index (κ1) is 19.1. The standard InChI is InChI=1S/C19H18N2O4S2/c1-3-12-21-16-6-4-5-7-17(16)26-19(21)20-18(22)13-27(23,24)15-10-8-14(25-2)9-11-15/h3-11H,1,12-13H2,2H3. The van der Waals surface area contributed by atoms with Crippen LogP contribution in [0.25, 0.3) is 10.2 Å². The molecule has 2 aromatic carbocycles. The summed E-state index contributed by atoms with van der Waals surface area (Å²) in [5.41, 5.74) is 0.923. The third-order valence-corrected chi connectivity index (χ3v) is 6.53. The van der Waals surface area contributed by atoms with E-state index in [0.717, 1.165) is 10.2 Å². The molecule has 8 heteroatoms. The number of carbonyl (C=O) groups is 1. The van der Waals surface area contributed by atoms with Crippen molar-refractivity contribution in [2.24, 2.45) is 4.99 Å². The van der Waals surface area contributed by atoms with Crippen LogP contribution in [-0.4, -0.2) is 31.8 Å². The maximum Gasteiger partial charge on any atom is 0.263 e. The number of nitrogens with zero attached hydrogens (tertiary/aromatic N) is 2. The normalized spacial score (nSPS) is 12.3. The molecule has 0 unspecified atom stereocenters. The summed E-state index contributed by atoms with van der Waals surface area (Å²) in [6.45, 7) is 4.20. The number of fused-ring (bicyclic) bond motifs is 1. The Hall–Kier alpha value is -2.71. The molecule has 3 aromatic rings. The lowest BCUT2D eigenvalue weighted by Gasteiger charge is -2.04. The summed E-state index contributed by atoms with van der Waals surface area (Å²) < 4.78 is 32.8. The van der Waals surface area contributed by atoms with Crippen LogP contribution in [-0.2, 0) is 21.2 Å². The van der Waals surface area contributed by atoms with Gasteiger partial charge in [0.2, 0.25) is 0 Å². The fraction of sp³-hybridized carbons (Fsp3) is 0.158. The van der Waals surface area contributed by atoms with Gasteiger partial charge in [0, 0.05) is 6.54 Å². The fourth-order valence-corrected chi connectivity index (χ4v) is 4.74. The minimum Gasteiger partial charge on any atom is -0.497 e. The number of ether oxygens (including phenoxy) is 1. The molecular weight excluding hydrogens is 384 g/mol. The van der Waals surface area contributed by atoms with Crippen molar-refractivity contribution >= 4 is 37.3 Å². The zero-order valence-electron chi connectivity index (χ0n) is 14.7. The Morgan fingerprint density at radius 1 is 1.22 bits per heavy atom. The average molecular weight is 402 g/mol. The van der Waals surface area contributed by atoms with Crippen molar-refractivity contribution in [3.63, 3.8) is 0 Å². The van der Waals surface area contributed by atoms with E-state index in [-0.39, 0.29) is 4.90 Å². The number of para-hydroxylation sites is 1. The summed E-state index contributed by atoms with van der Waals surface area (Å²) in [5, 5.41) is 0. The zero-order chi connectivity index (χ0) is 19.4. The number of hydrogen-bond donors (Lipinski definition) is 0. The van der Waals surface area contributed by atoms with Crippen LogP contribution < -0.4 is 9.54 Å². The minimum atomic E-state index is -3.78. The van der Waals surface area contributed by atoms with Crippen LogP contribution in [0.1, 0.15) is 0 Å². The number of rotatable bonds is 6. The Labute approximate surface area is 161 Å². The SMILES string of the molecule is C=CCn1c(=NC(=O)CS(=O)(=O)c2ccc(OC)cc2)sc2ccccc21. The van der Waals surface area contributed by atoms with E-state index in [1.54, 1.807) is 18.2 Å². The molecule has 0 saturated heterocycles. The predicted molar refractivity (Wildman–Crippen MR) is 106 cm³/mol. The van der Waals surface area contributed by atoms with E-state index in [4.69, 9.17) is 4.74 Å². The molecular formula is C19H18N2O4S2. The number of aromatic nitrogens is 1. The number of benzene rings is 2. The molecule has 0 atom stereocenters. The molecule has 1 amide bonds. The molecule has 0 fully saturated rings. The van der Waals surface area contributed by atoms with Gasteiger partial charge in [-0.3, -0.25) is 4.79 Å². The van der Waals surface area contributed by atoms with Gasteiger partial charge in [-0.1, -0.05) is 29.5 Å². The monoisotopic (exact) mass is 402 g/mol. The van der Waals surface area contributed by atoms with Crippen LogP contribution in [0, 0.1) is 0 Å². The van der Waals surface area contributed by atoms with Gasteiger partial charge in [-0.2, -0.15) is 4.99 Å². The van der Waals surface area contributed by atoms with E-state index in [1.807, 2.05) is 28.8 Å². The number of methoxy groups -OCH3 is 1. The van der Waals surface area contributed by atoms with Gasteiger partial charge in [0.25, 0.3) is 5.91 Å². The van der Waals surface area contributed by atoms with Crippen LogP contribution in [0.2, 0.25) is 0 Å². The van der Waals surface area contributed by atoms with Gasteiger partial charge in [0.1, 0.15) is 11.5 Å². The van der Waals surface area contributed by atoms with Crippen molar-refractivity contribution < 1.29 is 17.9 Å². The number of thiazole rings is 1. The molecule has 0 N–H and O–H groups in total. The Bertz CT molecular complexity index is 1160. The Morgan fingerprint density at radius 2 is 1.93 bits per heavy atom. The van der Waals surface area contributed by atoms with Crippen molar-refractivity contribution in [3.05, 3.63) is 66.0 Å². The minimum absolute atomic E-state index is 0.0576. The fourth-order valence-electron chi connectivity index (χ4n) is 2.58. The highest BCUT2D eigenvalue weighted by Crippen LogP contribution is 2.18. The second-order valence-electron chi connectivity index (χ2n) is 5.69. The van der Waals surface area contributed by atoms with Crippen LogP contribution in [0.5, 0.6) is 5.75 Å². The van der Waals surface area contributed by atoms with Gasteiger partial charge in [-0.05, 0) is 36.4 Å². The molecule has 1 aromatic heterocycles. The molecule has 1 heterocycles. The molecule has 0 radical (unpaired) electrons. The number of sulfone groups is 1. The second-order valence-corrected chi connectivity index (χ2v) is 8.69. The van der Waals surface area contributed by atoms with Gasteiger partial charge in [-0.25, -0.2) is 8.42 Å². The molecule has 0 saturated carbocycles. The van der Waals surface area contributed by atoms with Crippen LogP contribution in [0.15, 0.2) is 71.1 Å². The zero-order valence-corrected chi connectivity index (χ0v) is 16.3. The summed E-state index contributed by atoms with van der Waals surface area (Å²) in [5.74, 6) is -0.863. The molecule has 140 valence electrons. The van der Waals surface area contributed by atoms with Crippen molar-refractivity contribution in [3.8, 4) is 5.75 Å². The number of hydrogen-bond acceptors (Lipinski definition) is 5. The maximum atomic E-state index is 12.5. The van der Waals surface area contributed by atoms with Gasteiger partial charge in [0.05, 0.1) is 22.2 Å². The Kier molecular flexibility index (Phi) is 5.57. The molecule has 0 bridgehead atoms. The van der Waals surface area contributed by atoms with E-state index >= 15 is 0 Å². The Balaban J connectivity index is 1.93. The molecule has 0 aliphatic heterocycles. The quantitative estimate of drug-likeness (QED) is 0.594. The van der Waals surface area contributed by atoms with Crippen LogP contribution in [0.4, 0.5) is 0 Å². The van der Waals surface area contributed by atoms with Crippen molar-refractivity contribution in [1.82, 2.24) is 4.57 Å². The maximum absolute atomic E-state index is 12.5. The van der Waals surface area contributed by atoms with E-state index in [9.17, 15) is 13.2 Å². The molecule has 6 nitrogen and oxygen atoms in total. The first-order chi connectivity index (χ1) is 12.9. The molecule has 3 rings (SSSR count). The second kappa shape index (κ2) is 7.89. The molecule has 0 spiro atoms. The third kappa shape index (κ3) is 4.17. The average Bonchev–Trinajstić information content (AvgIpc) is 2.99. The first-order valence-electron chi connectivity index (χ1n) is 8.08. The predicted octanol–water partition coefficient (Wildman–Crippen LogP) is 2.80. The summed E-state index contributed by atoms with van der Waals surface area (Å²) in [6, 6.07) is 13.6. The van der Waals surface area contributed by atoms with Gasteiger partial charge in [0.15, 0.2) is 14.6 Å². The van der Waals surface area contributed by atoms with Crippen molar-refractivity contribution in [2.75, 3.05) is 12.9 Å². The Morgan fingerprint density at radius 3 is 2.59 bits per heavy atom. The lowest BCUT2D eigenvalue weighted by atomic mass is 10.3. The third-order valence-electron chi connectivity index (χ3n) is 3.85. The van der Waals surface area contributed by atoms with Gasteiger partial charge >= 0.3 is 0 Å².